The van der Waals surface area contributed by atoms with Crippen LogP contribution in [-0.4, -0.2) is 75.2 Å². The highest BCUT2D eigenvalue weighted by atomic mass is 16.5. The van der Waals surface area contributed by atoms with Crippen LogP contribution in [0, 0.1) is 0 Å². The van der Waals surface area contributed by atoms with Crippen molar-refractivity contribution in [2.75, 3.05) is 53.5 Å². The van der Waals surface area contributed by atoms with Crippen molar-refractivity contribution < 1.29 is 19.1 Å². The minimum atomic E-state index is -0.123. The van der Waals surface area contributed by atoms with E-state index in [1.165, 1.54) is 180 Å². The van der Waals surface area contributed by atoms with Crippen molar-refractivity contribution in [3.05, 3.63) is 0 Å². The SMILES string of the molecule is CCCCCCCCCCCCCCCCCCOC(=O)CCN(CCC(=O)OCCCCCCCCCCCCCCCCCC)CCN(C)C. The second kappa shape index (κ2) is 42.6. The number of hydrogen-bond acceptors (Lipinski definition) is 6. The highest BCUT2D eigenvalue weighted by Crippen LogP contribution is 2.15. The van der Waals surface area contributed by atoms with Crippen LogP contribution in [0.3, 0.4) is 0 Å². The number of likely N-dealkylation sites (N-methyl/N-ethyl adjacent to an activating group) is 1. The van der Waals surface area contributed by atoms with E-state index in [9.17, 15) is 9.59 Å². The number of ether oxygens (including phenoxy) is 2. The molecule has 0 unspecified atom stereocenters. The van der Waals surface area contributed by atoms with Crippen molar-refractivity contribution in [1.29, 1.82) is 0 Å². The van der Waals surface area contributed by atoms with Crippen molar-refractivity contribution in [2.24, 2.45) is 0 Å². The largest absolute Gasteiger partial charge is 0.466 e. The van der Waals surface area contributed by atoms with E-state index in [-0.39, 0.29) is 11.9 Å². The summed E-state index contributed by atoms with van der Waals surface area (Å²) in [5.74, 6) is -0.247. The fourth-order valence-corrected chi connectivity index (χ4v) is 6.99. The smallest absolute Gasteiger partial charge is 0.307 e. The molecule has 0 atom stereocenters. The molecular weight excluding hydrogens is 645 g/mol. The van der Waals surface area contributed by atoms with Crippen molar-refractivity contribution in [1.82, 2.24) is 9.80 Å². The van der Waals surface area contributed by atoms with Crippen molar-refractivity contribution in [3.63, 3.8) is 0 Å². The molecule has 0 aliphatic rings. The Morgan fingerprint density at radius 1 is 0.346 bits per heavy atom. The van der Waals surface area contributed by atoms with Gasteiger partial charge in [-0.2, -0.15) is 0 Å². The molecule has 6 heteroatoms. The Hall–Kier alpha value is -1.14. The lowest BCUT2D eigenvalue weighted by atomic mass is 10.0. The van der Waals surface area contributed by atoms with Crippen LogP contribution in [0.1, 0.15) is 232 Å². The van der Waals surface area contributed by atoms with Crippen LogP contribution in [0.5, 0.6) is 0 Å². The molecule has 0 saturated heterocycles. The Bertz CT molecular complexity index is 677. The zero-order valence-corrected chi connectivity index (χ0v) is 35.8. The molecule has 0 aliphatic carbocycles. The van der Waals surface area contributed by atoms with Crippen molar-refractivity contribution >= 4 is 11.9 Å². The van der Waals surface area contributed by atoms with E-state index < -0.39 is 0 Å². The number of unbranched alkanes of at least 4 members (excludes halogenated alkanes) is 30. The molecule has 0 aromatic carbocycles. The lowest BCUT2D eigenvalue weighted by molar-refractivity contribution is -0.144. The Morgan fingerprint density at radius 2 is 0.596 bits per heavy atom. The third kappa shape index (κ3) is 41.6. The summed E-state index contributed by atoms with van der Waals surface area (Å²) >= 11 is 0. The van der Waals surface area contributed by atoms with Gasteiger partial charge in [0, 0.05) is 26.2 Å². The van der Waals surface area contributed by atoms with Crippen LogP contribution in [0.15, 0.2) is 0 Å². The Morgan fingerprint density at radius 3 is 0.846 bits per heavy atom. The summed E-state index contributed by atoms with van der Waals surface area (Å²) in [4.78, 5) is 29.2. The first-order valence-electron chi connectivity index (χ1n) is 23.2. The zero-order valence-electron chi connectivity index (χ0n) is 35.8. The normalized spacial score (nSPS) is 11.6. The fraction of sp³-hybridized carbons (Fsp3) is 0.957. The second-order valence-corrected chi connectivity index (χ2v) is 16.2. The first kappa shape index (κ1) is 50.9. The maximum absolute atomic E-state index is 12.4. The van der Waals surface area contributed by atoms with E-state index in [2.05, 4.69) is 37.7 Å². The number of carbonyl (C=O) groups is 2. The van der Waals surface area contributed by atoms with Gasteiger partial charge in [0.2, 0.25) is 0 Å². The van der Waals surface area contributed by atoms with Crippen LogP contribution < -0.4 is 0 Å². The summed E-state index contributed by atoms with van der Waals surface area (Å²) in [7, 11) is 4.10. The highest BCUT2D eigenvalue weighted by molar-refractivity contribution is 5.70. The summed E-state index contributed by atoms with van der Waals surface area (Å²) in [6.45, 7) is 8.59. The molecule has 0 radical (unpaired) electrons. The molecule has 0 heterocycles. The standard InChI is InChI=1S/C46H92N2O4/c1-5-7-9-11-13-15-17-19-21-23-25-27-29-31-33-35-43-51-45(49)37-39-48(42-41-47(3)4)40-38-46(50)52-44-36-34-32-30-28-26-24-22-20-18-16-14-12-10-8-6-2/h5-44H2,1-4H3. The Labute approximate surface area is 325 Å². The summed E-state index contributed by atoms with van der Waals surface area (Å²) in [6.07, 6.45) is 43.6. The van der Waals surface area contributed by atoms with Gasteiger partial charge < -0.3 is 19.3 Å². The number of carbonyl (C=O) groups excluding carboxylic acids is 2. The van der Waals surface area contributed by atoms with Gasteiger partial charge in [-0.3, -0.25) is 9.59 Å². The lowest BCUT2D eigenvalue weighted by Gasteiger charge is -2.23. The van der Waals surface area contributed by atoms with Gasteiger partial charge in [0.05, 0.1) is 26.1 Å². The van der Waals surface area contributed by atoms with E-state index >= 15 is 0 Å². The monoisotopic (exact) mass is 737 g/mol. The number of hydrogen-bond donors (Lipinski definition) is 0. The molecule has 0 bridgehead atoms. The van der Waals surface area contributed by atoms with E-state index in [4.69, 9.17) is 9.47 Å². The van der Waals surface area contributed by atoms with Gasteiger partial charge in [-0.15, -0.1) is 0 Å². The van der Waals surface area contributed by atoms with Crippen LogP contribution in [0.25, 0.3) is 0 Å². The third-order valence-corrected chi connectivity index (χ3v) is 10.6. The summed E-state index contributed by atoms with van der Waals surface area (Å²) in [5.41, 5.74) is 0. The van der Waals surface area contributed by atoms with Gasteiger partial charge >= 0.3 is 11.9 Å². The molecule has 0 aliphatic heterocycles. The molecule has 6 nitrogen and oxygen atoms in total. The minimum absolute atomic E-state index is 0.123. The molecule has 0 amide bonds. The number of rotatable bonds is 43. The predicted octanol–water partition coefficient (Wildman–Crippen LogP) is 13.2. The topological polar surface area (TPSA) is 59.1 Å². The molecule has 0 rings (SSSR count). The zero-order chi connectivity index (χ0) is 38.0. The molecule has 0 spiro atoms. The van der Waals surface area contributed by atoms with Gasteiger partial charge in [-0.25, -0.2) is 0 Å². The van der Waals surface area contributed by atoms with E-state index in [1.807, 2.05) is 0 Å². The molecule has 52 heavy (non-hydrogen) atoms. The summed E-state index contributed by atoms with van der Waals surface area (Å²) in [5, 5.41) is 0. The minimum Gasteiger partial charge on any atom is -0.466 e. The Kier molecular flexibility index (Phi) is 41.7. The average Bonchev–Trinajstić information content (AvgIpc) is 3.13. The molecule has 0 fully saturated rings. The number of nitrogens with zero attached hydrogens (tertiary/aromatic N) is 2. The van der Waals surface area contributed by atoms with E-state index in [0.29, 0.717) is 39.1 Å². The summed E-state index contributed by atoms with van der Waals surface area (Å²) in [6, 6.07) is 0. The summed E-state index contributed by atoms with van der Waals surface area (Å²) < 4.78 is 11.1. The molecule has 0 N–H and O–H groups in total. The van der Waals surface area contributed by atoms with Crippen LogP contribution in [0.4, 0.5) is 0 Å². The maximum Gasteiger partial charge on any atom is 0.307 e. The van der Waals surface area contributed by atoms with Crippen molar-refractivity contribution in [2.45, 2.75) is 232 Å². The van der Waals surface area contributed by atoms with E-state index in [1.54, 1.807) is 0 Å². The van der Waals surface area contributed by atoms with Crippen LogP contribution in [0.2, 0.25) is 0 Å². The molecular formula is C46H92N2O4. The van der Waals surface area contributed by atoms with Gasteiger partial charge in [0.1, 0.15) is 0 Å². The first-order chi connectivity index (χ1) is 25.5. The maximum atomic E-state index is 12.4. The van der Waals surface area contributed by atoms with Gasteiger partial charge in [-0.05, 0) is 26.9 Å². The Balaban J connectivity index is 3.72. The average molecular weight is 737 g/mol. The first-order valence-corrected chi connectivity index (χ1v) is 23.2. The number of esters is 2. The molecule has 310 valence electrons. The fourth-order valence-electron chi connectivity index (χ4n) is 6.99. The predicted molar refractivity (Wildman–Crippen MR) is 225 cm³/mol. The molecule has 0 saturated carbocycles. The molecule has 0 aromatic heterocycles. The van der Waals surface area contributed by atoms with Crippen LogP contribution in [-0.2, 0) is 19.1 Å². The molecule has 0 aromatic rings. The van der Waals surface area contributed by atoms with Crippen molar-refractivity contribution in [3.8, 4) is 0 Å². The quantitative estimate of drug-likeness (QED) is 0.0459. The third-order valence-electron chi connectivity index (χ3n) is 10.6. The second-order valence-electron chi connectivity index (χ2n) is 16.2. The van der Waals surface area contributed by atoms with Crippen LogP contribution >= 0.6 is 0 Å². The van der Waals surface area contributed by atoms with E-state index in [0.717, 1.165) is 38.8 Å². The van der Waals surface area contributed by atoms with Gasteiger partial charge in [0.25, 0.3) is 0 Å². The lowest BCUT2D eigenvalue weighted by Crippen LogP contribution is -2.35. The van der Waals surface area contributed by atoms with Gasteiger partial charge in [-0.1, -0.05) is 206 Å². The van der Waals surface area contributed by atoms with Gasteiger partial charge in [0.15, 0.2) is 0 Å². The highest BCUT2D eigenvalue weighted by Gasteiger charge is 2.13.